The molecular weight excluding hydrogens is 238 g/mol. The molecule has 1 aliphatic heterocycles. The van der Waals surface area contributed by atoms with Gasteiger partial charge in [-0.2, -0.15) is 0 Å². The molecule has 3 nitrogen and oxygen atoms in total. The molecule has 3 heteroatoms. The van der Waals surface area contributed by atoms with E-state index >= 15 is 0 Å². The van der Waals surface area contributed by atoms with Crippen molar-refractivity contribution in [1.29, 1.82) is 0 Å². The van der Waals surface area contributed by atoms with Crippen molar-refractivity contribution in [2.75, 3.05) is 13.2 Å². The molecule has 0 bridgehead atoms. The summed E-state index contributed by atoms with van der Waals surface area (Å²) in [5, 5.41) is 9.28. The van der Waals surface area contributed by atoms with E-state index < -0.39 is 0 Å². The zero-order valence-electron chi connectivity index (χ0n) is 12.0. The number of amides is 1. The highest BCUT2D eigenvalue weighted by molar-refractivity contribution is 5.79. The summed E-state index contributed by atoms with van der Waals surface area (Å²) in [4.78, 5) is 14.2. The van der Waals surface area contributed by atoms with Crippen molar-refractivity contribution in [3.8, 4) is 0 Å². The Labute approximate surface area is 115 Å². The molecule has 1 saturated heterocycles. The molecule has 1 aromatic rings. The number of nitrogens with zero attached hydrogens (tertiary/aromatic N) is 1. The lowest BCUT2D eigenvalue weighted by atomic mass is 9.81. The summed E-state index contributed by atoms with van der Waals surface area (Å²) in [6.07, 6.45) is 0.468. The van der Waals surface area contributed by atoms with Crippen LogP contribution in [0.1, 0.15) is 38.8 Å². The molecule has 2 atom stereocenters. The van der Waals surface area contributed by atoms with Gasteiger partial charge in [-0.1, -0.05) is 51.1 Å². The molecule has 0 saturated carbocycles. The number of aliphatic hydroxyl groups is 1. The molecule has 0 aromatic heterocycles. The van der Waals surface area contributed by atoms with Crippen LogP contribution < -0.4 is 0 Å². The Kier molecular flexibility index (Phi) is 3.95. The fourth-order valence-electron chi connectivity index (χ4n) is 2.96. The number of carbonyl (C=O) groups is 1. The van der Waals surface area contributed by atoms with Gasteiger partial charge in [0.1, 0.15) is 0 Å². The Balaban J connectivity index is 2.32. The number of likely N-dealkylation sites (tertiary alicyclic amines) is 1. The second-order valence-corrected chi connectivity index (χ2v) is 6.48. The summed E-state index contributed by atoms with van der Waals surface area (Å²) in [6, 6.07) is 10.2. The van der Waals surface area contributed by atoms with Gasteiger partial charge in [-0.3, -0.25) is 4.79 Å². The van der Waals surface area contributed by atoms with Crippen molar-refractivity contribution in [3.63, 3.8) is 0 Å². The summed E-state index contributed by atoms with van der Waals surface area (Å²) >= 11 is 0. The van der Waals surface area contributed by atoms with Crippen LogP contribution in [0.3, 0.4) is 0 Å². The number of rotatable bonds is 3. The van der Waals surface area contributed by atoms with E-state index in [2.05, 4.69) is 32.9 Å². The molecule has 0 spiro atoms. The van der Waals surface area contributed by atoms with Gasteiger partial charge in [0.2, 0.25) is 5.91 Å². The Morgan fingerprint density at radius 3 is 2.42 bits per heavy atom. The standard InChI is InChI=1S/C16H23NO2/c1-16(2,3)15(13-7-5-4-6-8-13)17-10-12(11-18)9-14(17)19/h4-8,12,15,18H,9-11H2,1-3H3. The second-order valence-electron chi connectivity index (χ2n) is 6.48. The van der Waals surface area contributed by atoms with Gasteiger partial charge in [-0.15, -0.1) is 0 Å². The first kappa shape index (κ1) is 14.1. The van der Waals surface area contributed by atoms with Crippen molar-refractivity contribution in [2.45, 2.75) is 33.2 Å². The van der Waals surface area contributed by atoms with E-state index in [-0.39, 0.29) is 29.9 Å². The molecule has 1 aliphatic rings. The maximum atomic E-state index is 12.2. The highest BCUT2D eigenvalue weighted by Crippen LogP contribution is 2.40. The largest absolute Gasteiger partial charge is 0.396 e. The Morgan fingerprint density at radius 2 is 1.95 bits per heavy atom. The van der Waals surface area contributed by atoms with E-state index in [1.165, 1.54) is 5.56 Å². The minimum atomic E-state index is -0.0264. The fraction of sp³-hybridized carbons (Fsp3) is 0.562. The third kappa shape index (κ3) is 2.98. The average Bonchev–Trinajstić information content (AvgIpc) is 2.71. The second kappa shape index (κ2) is 5.33. The van der Waals surface area contributed by atoms with E-state index in [1.807, 2.05) is 23.1 Å². The lowest BCUT2D eigenvalue weighted by molar-refractivity contribution is -0.132. The van der Waals surface area contributed by atoms with Crippen molar-refractivity contribution in [2.24, 2.45) is 11.3 Å². The molecular formula is C16H23NO2. The van der Waals surface area contributed by atoms with Crippen LogP contribution in [0.5, 0.6) is 0 Å². The van der Waals surface area contributed by atoms with Crippen molar-refractivity contribution < 1.29 is 9.90 Å². The summed E-state index contributed by atoms with van der Waals surface area (Å²) in [6.45, 7) is 7.22. The predicted molar refractivity (Wildman–Crippen MR) is 75.5 cm³/mol. The number of carbonyl (C=O) groups excluding carboxylic acids is 1. The van der Waals surface area contributed by atoms with Gasteiger partial charge in [0, 0.05) is 25.5 Å². The van der Waals surface area contributed by atoms with E-state index in [0.717, 1.165) is 0 Å². The van der Waals surface area contributed by atoms with Gasteiger partial charge >= 0.3 is 0 Å². The topological polar surface area (TPSA) is 40.5 Å². The third-order valence-corrected chi connectivity index (χ3v) is 3.74. The van der Waals surface area contributed by atoms with Crippen LogP contribution in [0.15, 0.2) is 30.3 Å². The van der Waals surface area contributed by atoms with Crippen LogP contribution in [0.25, 0.3) is 0 Å². The van der Waals surface area contributed by atoms with Crippen LogP contribution in [-0.4, -0.2) is 29.1 Å². The first-order valence-electron chi connectivity index (χ1n) is 6.88. The van der Waals surface area contributed by atoms with Gasteiger partial charge in [-0.25, -0.2) is 0 Å². The molecule has 1 heterocycles. The first-order valence-corrected chi connectivity index (χ1v) is 6.88. The zero-order chi connectivity index (χ0) is 14.0. The van der Waals surface area contributed by atoms with Gasteiger partial charge < -0.3 is 10.0 Å². The van der Waals surface area contributed by atoms with Crippen molar-refractivity contribution in [1.82, 2.24) is 4.90 Å². The summed E-state index contributed by atoms with van der Waals surface area (Å²) < 4.78 is 0. The predicted octanol–water partition coefficient (Wildman–Crippen LogP) is 2.61. The maximum absolute atomic E-state index is 12.2. The van der Waals surface area contributed by atoms with Gasteiger partial charge in [0.25, 0.3) is 0 Å². The molecule has 0 aliphatic carbocycles. The minimum absolute atomic E-state index is 0.0264. The van der Waals surface area contributed by atoms with Crippen LogP contribution in [0, 0.1) is 11.3 Å². The highest BCUT2D eigenvalue weighted by atomic mass is 16.3. The Morgan fingerprint density at radius 1 is 1.32 bits per heavy atom. The average molecular weight is 261 g/mol. The van der Waals surface area contributed by atoms with E-state index in [4.69, 9.17) is 0 Å². The number of aliphatic hydroxyl groups excluding tert-OH is 1. The summed E-state index contributed by atoms with van der Waals surface area (Å²) in [5.74, 6) is 0.240. The van der Waals surface area contributed by atoms with Crippen LogP contribution >= 0.6 is 0 Å². The van der Waals surface area contributed by atoms with Gasteiger partial charge in [-0.05, 0) is 11.0 Å². The van der Waals surface area contributed by atoms with Crippen molar-refractivity contribution in [3.05, 3.63) is 35.9 Å². The normalized spacial score (nSPS) is 21.8. The van der Waals surface area contributed by atoms with E-state index in [1.54, 1.807) is 0 Å². The quantitative estimate of drug-likeness (QED) is 0.908. The molecule has 2 unspecified atom stereocenters. The molecule has 19 heavy (non-hydrogen) atoms. The van der Waals surface area contributed by atoms with E-state index in [0.29, 0.717) is 13.0 Å². The van der Waals surface area contributed by atoms with Crippen LogP contribution in [0.4, 0.5) is 0 Å². The molecule has 1 amide bonds. The fourth-order valence-corrected chi connectivity index (χ4v) is 2.96. The lowest BCUT2D eigenvalue weighted by Crippen LogP contribution is -2.38. The number of hydrogen-bond donors (Lipinski definition) is 1. The molecule has 1 N–H and O–H groups in total. The van der Waals surface area contributed by atoms with Crippen LogP contribution in [0.2, 0.25) is 0 Å². The number of hydrogen-bond acceptors (Lipinski definition) is 2. The smallest absolute Gasteiger partial charge is 0.223 e. The Bertz CT molecular complexity index is 436. The molecule has 0 radical (unpaired) electrons. The highest BCUT2D eigenvalue weighted by Gasteiger charge is 2.39. The summed E-state index contributed by atoms with van der Waals surface area (Å²) in [7, 11) is 0. The van der Waals surface area contributed by atoms with Crippen LogP contribution in [-0.2, 0) is 4.79 Å². The first-order chi connectivity index (χ1) is 8.93. The number of benzene rings is 1. The Hall–Kier alpha value is -1.35. The molecule has 1 aromatic carbocycles. The molecule has 2 rings (SSSR count). The van der Waals surface area contributed by atoms with Gasteiger partial charge in [0.15, 0.2) is 0 Å². The molecule has 1 fully saturated rings. The molecule has 104 valence electrons. The van der Waals surface area contributed by atoms with E-state index in [9.17, 15) is 9.90 Å². The minimum Gasteiger partial charge on any atom is -0.396 e. The lowest BCUT2D eigenvalue weighted by Gasteiger charge is -2.38. The summed E-state index contributed by atoms with van der Waals surface area (Å²) in [5.41, 5.74) is 1.14. The maximum Gasteiger partial charge on any atom is 0.223 e. The third-order valence-electron chi connectivity index (χ3n) is 3.74. The zero-order valence-corrected chi connectivity index (χ0v) is 12.0. The SMILES string of the molecule is CC(C)(C)C(c1ccccc1)N1CC(CO)CC1=O. The monoisotopic (exact) mass is 261 g/mol. The van der Waals surface area contributed by atoms with Crippen molar-refractivity contribution >= 4 is 5.91 Å². The van der Waals surface area contributed by atoms with Gasteiger partial charge in [0.05, 0.1) is 6.04 Å².